The van der Waals surface area contributed by atoms with Gasteiger partial charge in [-0.05, 0) is 108 Å². The molecule has 0 saturated heterocycles. The SMILES string of the molecule is C=C(C#N)C(=O)N1CCC=C(c2cnccc2Oc2ccc(Oc3ccccc3)cc2)C1.C=C(C#N)C(=O)NCc1ccc(-c2cnccc2Oc2ccc(Oc3ccccc3)cc2)cc1. The van der Waals surface area contributed by atoms with E-state index in [1.54, 1.807) is 41.8 Å². The van der Waals surface area contributed by atoms with Crippen LogP contribution in [0.5, 0.6) is 46.0 Å². The molecule has 12 nitrogen and oxygen atoms in total. The lowest BCUT2D eigenvalue weighted by atomic mass is 10.0. The van der Waals surface area contributed by atoms with Gasteiger partial charge in [-0.1, -0.05) is 79.9 Å². The third-order valence-electron chi connectivity index (χ3n) is 9.93. The smallest absolute Gasteiger partial charge is 0.264 e. The first-order valence-electron chi connectivity index (χ1n) is 20.7. The molecular weight excluding hydrogens is 829 g/mol. The van der Waals surface area contributed by atoms with E-state index in [9.17, 15) is 9.59 Å². The summed E-state index contributed by atoms with van der Waals surface area (Å²) in [6.45, 7) is 8.15. The number of nitrogens with zero attached hydrogens (tertiary/aromatic N) is 5. The van der Waals surface area contributed by atoms with Crippen molar-refractivity contribution in [1.82, 2.24) is 20.2 Å². The topological polar surface area (TPSA) is 160 Å². The van der Waals surface area contributed by atoms with Gasteiger partial charge in [-0.25, -0.2) is 0 Å². The summed E-state index contributed by atoms with van der Waals surface area (Å²) in [7, 11) is 0. The van der Waals surface area contributed by atoms with Gasteiger partial charge in [0.05, 0.1) is 0 Å². The Morgan fingerprint density at radius 3 is 1.58 bits per heavy atom. The summed E-state index contributed by atoms with van der Waals surface area (Å²) in [4.78, 5) is 34.1. The molecule has 3 heterocycles. The largest absolute Gasteiger partial charge is 0.457 e. The van der Waals surface area contributed by atoms with Crippen LogP contribution in [0.25, 0.3) is 16.7 Å². The zero-order valence-corrected chi connectivity index (χ0v) is 35.7. The number of para-hydroxylation sites is 2. The lowest BCUT2D eigenvalue weighted by Crippen LogP contribution is -2.36. The maximum atomic E-state index is 12.4. The Kier molecular flexibility index (Phi) is 15.1. The van der Waals surface area contributed by atoms with Crippen LogP contribution in [-0.2, 0) is 16.1 Å². The summed E-state index contributed by atoms with van der Waals surface area (Å²) in [5, 5.41) is 20.4. The normalized spacial score (nSPS) is 11.5. The van der Waals surface area contributed by atoms with E-state index in [-0.39, 0.29) is 17.1 Å². The number of pyridine rings is 2. The third kappa shape index (κ3) is 12.2. The number of benzene rings is 5. The molecule has 324 valence electrons. The Hall–Kier alpha value is -9.26. The fourth-order valence-electron chi connectivity index (χ4n) is 6.55. The molecule has 5 aromatic carbocycles. The Labute approximate surface area is 382 Å². The molecule has 2 aromatic heterocycles. The molecule has 1 aliphatic rings. The van der Waals surface area contributed by atoms with Crippen LogP contribution in [0.3, 0.4) is 0 Å². The van der Waals surface area contributed by atoms with Crippen molar-refractivity contribution in [2.75, 3.05) is 13.1 Å². The molecule has 0 radical (unpaired) electrons. The van der Waals surface area contributed by atoms with Crippen LogP contribution in [0.2, 0.25) is 0 Å². The van der Waals surface area contributed by atoms with Gasteiger partial charge in [0.25, 0.3) is 11.8 Å². The molecule has 0 fully saturated rings. The zero-order valence-electron chi connectivity index (χ0n) is 35.7. The maximum absolute atomic E-state index is 12.4. The highest BCUT2D eigenvalue weighted by Crippen LogP contribution is 2.35. The van der Waals surface area contributed by atoms with Gasteiger partial charge in [-0.3, -0.25) is 19.6 Å². The number of rotatable bonds is 14. The quantitative estimate of drug-likeness (QED) is 0.0823. The minimum Gasteiger partial charge on any atom is -0.457 e. The van der Waals surface area contributed by atoms with E-state index < -0.39 is 5.91 Å². The molecule has 0 atom stereocenters. The van der Waals surface area contributed by atoms with Crippen LogP contribution in [0, 0.1) is 22.7 Å². The summed E-state index contributed by atoms with van der Waals surface area (Å²) in [6.07, 6.45) is 9.56. The van der Waals surface area contributed by atoms with Gasteiger partial charge < -0.3 is 29.2 Å². The van der Waals surface area contributed by atoms with Crippen molar-refractivity contribution < 1.29 is 28.5 Å². The van der Waals surface area contributed by atoms with Crippen LogP contribution >= 0.6 is 0 Å². The van der Waals surface area contributed by atoms with Gasteiger partial charge >= 0.3 is 0 Å². The van der Waals surface area contributed by atoms with Crippen molar-refractivity contribution in [1.29, 1.82) is 10.5 Å². The fraction of sp³-hybridized carbons (Fsp3) is 0.0741. The van der Waals surface area contributed by atoms with Gasteiger partial charge in [0.1, 0.15) is 69.3 Å². The van der Waals surface area contributed by atoms with Gasteiger partial charge in [-0.15, -0.1) is 0 Å². The van der Waals surface area contributed by atoms with Crippen molar-refractivity contribution in [3.8, 4) is 69.3 Å². The summed E-state index contributed by atoms with van der Waals surface area (Å²) in [5.74, 6) is 4.76. The number of ether oxygens (including phenoxy) is 4. The second-order valence-electron chi connectivity index (χ2n) is 14.5. The lowest BCUT2D eigenvalue weighted by molar-refractivity contribution is -0.126. The average Bonchev–Trinajstić information content (AvgIpc) is 3.37. The molecule has 0 spiro atoms. The summed E-state index contributed by atoms with van der Waals surface area (Å²) >= 11 is 0. The molecule has 66 heavy (non-hydrogen) atoms. The van der Waals surface area contributed by atoms with E-state index in [4.69, 9.17) is 29.5 Å². The first-order valence-corrected chi connectivity index (χ1v) is 20.7. The predicted molar refractivity (Wildman–Crippen MR) is 251 cm³/mol. The van der Waals surface area contributed by atoms with Gasteiger partial charge in [0, 0.05) is 55.5 Å². The molecule has 0 saturated carbocycles. The molecular formula is C54H42N6O6. The first kappa shape index (κ1) is 44.8. The zero-order chi connectivity index (χ0) is 46.1. The summed E-state index contributed by atoms with van der Waals surface area (Å²) < 4.78 is 23.9. The van der Waals surface area contributed by atoms with E-state index in [0.29, 0.717) is 54.8 Å². The molecule has 0 bridgehead atoms. The number of amides is 2. The first-order chi connectivity index (χ1) is 32.3. The van der Waals surface area contributed by atoms with Crippen molar-refractivity contribution in [2.24, 2.45) is 0 Å². The van der Waals surface area contributed by atoms with Gasteiger partial charge in [0.15, 0.2) is 0 Å². The van der Waals surface area contributed by atoms with E-state index in [2.05, 4.69) is 34.5 Å². The molecule has 12 heteroatoms. The number of aromatic nitrogens is 2. The minimum atomic E-state index is -0.477. The molecule has 7 aromatic rings. The Balaban J connectivity index is 0.000000197. The van der Waals surface area contributed by atoms with Crippen molar-refractivity contribution in [2.45, 2.75) is 13.0 Å². The predicted octanol–water partition coefficient (Wildman–Crippen LogP) is 11.4. The lowest BCUT2D eigenvalue weighted by Gasteiger charge is -2.27. The Bertz CT molecular complexity index is 2930. The molecule has 8 rings (SSSR count). The number of carbonyl (C=O) groups is 2. The Morgan fingerprint density at radius 2 is 1.06 bits per heavy atom. The van der Waals surface area contributed by atoms with Crippen LogP contribution < -0.4 is 24.3 Å². The van der Waals surface area contributed by atoms with Gasteiger partial charge in [0.2, 0.25) is 0 Å². The molecule has 1 N–H and O–H groups in total. The standard InChI is InChI=1S/C28H21N3O3.C26H21N3O3/c1-20(17-29)28(32)31-18-21-7-9-22(10-8-21)26-19-30-16-15-27(26)34-25-13-11-24(12-14-25)33-23-5-3-2-4-6-23;1-19(16-27)26(30)29-15-5-6-20(18-29)24-17-28-14-13-25(24)32-23-11-9-22(10-12-23)31-21-7-3-2-4-8-21/h2-16,19H,1,18H2,(H,31,32);2-4,6-14,17H,1,5,15,18H2. The molecule has 0 aliphatic carbocycles. The van der Waals surface area contributed by atoms with Crippen LogP contribution in [0.15, 0.2) is 201 Å². The highest BCUT2D eigenvalue weighted by Gasteiger charge is 2.23. The monoisotopic (exact) mass is 870 g/mol. The Morgan fingerprint density at radius 1 is 0.591 bits per heavy atom. The highest BCUT2D eigenvalue weighted by molar-refractivity contribution is 5.98. The number of hydrogen-bond donors (Lipinski definition) is 1. The van der Waals surface area contributed by atoms with Crippen molar-refractivity contribution in [3.05, 3.63) is 212 Å². The van der Waals surface area contributed by atoms with E-state index in [0.717, 1.165) is 45.1 Å². The van der Waals surface area contributed by atoms with Crippen LogP contribution in [0.1, 0.15) is 17.5 Å². The second kappa shape index (κ2) is 22.2. The second-order valence-corrected chi connectivity index (χ2v) is 14.5. The number of nitriles is 2. The van der Waals surface area contributed by atoms with E-state index in [1.165, 1.54) is 0 Å². The maximum Gasteiger partial charge on any atom is 0.264 e. The number of nitrogens with one attached hydrogen (secondary N) is 1. The van der Waals surface area contributed by atoms with Crippen LogP contribution in [0.4, 0.5) is 0 Å². The molecule has 0 unspecified atom stereocenters. The van der Waals surface area contributed by atoms with E-state index in [1.807, 2.05) is 146 Å². The minimum absolute atomic E-state index is 0.0632. The average molecular weight is 871 g/mol. The summed E-state index contributed by atoms with van der Waals surface area (Å²) in [6, 6.07) is 48.8. The fourth-order valence-corrected chi connectivity index (χ4v) is 6.55. The van der Waals surface area contributed by atoms with E-state index >= 15 is 0 Å². The third-order valence-corrected chi connectivity index (χ3v) is 9.93. The molecule has 2 amide bonds. The highest BCUT2D eigenvalue weighted by atomic mass is 16.5. The van der Waals surface area contributed by atoms with Crippen molar-refractivity contribution in [3.63, 3.8) is 0 Å². The van der Waals surface area contributed by atoms with Crippen LogP contribution in [-0.4, -0.2) is 39.8 Å². The molecule has 1 aliphatic heterocycles. The summed E-state index contributed by atoms with van der Waals surface area (Å²) in [5.41, 5.74) is 4.19. The number of hydrogen-bond acceptors (Lipinski definition) is 10. The van der Waals surface area contributed by atoms with Crippen molar-refractivity contribution >= 4 is 17.4 Å². The number of carbonyl (C=O) groups excluding carboxylic acids is 2. The van der Waals surface area contributed by atoms with Gasteiger partial charge in [-0.2, -0.15) is 10.5 Å².